The maximum Gasteiger partial charge on any atom is 0.291 e. The number of nitrogens with one attached hydrogen (secondary N) is 1. The minimum Gasteiger partial charge on any atom is -0.484 e. The van der Waals surface area contributed by atoms with Crippen molar-refractivity contribution < 1.29 is 18.3 Å². The molecule has 6 nitrogen and oxygen atoms in total. The van der Waals surface area contributed by atoms with E-state index in [1.807, 2.05) is 6.07 Å². The highest BCUT2D eigenvalue weighted by atomic mass is 35.5. The van der Waals surface area contributed by atoms with Crippen LogP contribution >= 0.6 is 34.8 Å². The summed E-state index contributed by atoms with van der Waals surface area (Å²) in [6.45, 7) is 0.487. The monoisotopic (exact) mass is 493 g/mol. The van der Waals surface area contributed by atoms with Gasteiger partial charge in [0.05, 0.1) is 33.5 Å². The maximum atomic E-state index is 13.1. The standard InChI is InChI=1S/C22H15Cl3FN3O3/c23-17-4-1-13(7-18(17)24)10-29-11-15(9-27-29)28-22(30)21-6-3-16(32-21)12-31-20-5-2-14(26)8-19(20)25/h1-9,11H,10,12H2,(H,28,30). The number of halogens is 4. The Kier molecular flexibility index (Phi) is 6.69. The third-order valence-corrected chi connectivity index (χ3v) is 5.40. The van der Waals surface area contributed by atoms with E-state index in [-0.39, 0.29) is 17.4 Å². The molecule has 0 fully saturated rings. The van der Waals surface area contributed by atoms with Gasteiger partial charge in [-0.15, -0.1) is 0 Å². The summed E-state index contributed by atoms with van der Waals surface area (Å²) in [4.78, 5) is 12.5. The molecule has 32 heavy (non-hydrogen) atoms. The van der Waals surface area contributed by atoms with Crippen LogP contribution in [0.2, 0.25) is 15.1 Å². The molecule has 0 atom stereocenters. The second kappa shape index (κ2) is 9.65. The summed E-state index contributed by atoms with van der Waals surface area (Å²) in [5, 5.41) is 8.04. The molecule has 0 aliphatic heterocycles. The molecule has 0 radical (unpaired) electrons. The number of hydrogen-bond acceptors (Lipinski definition) is 4. The average molecular weight is 495 g/mol. The number of rotatable bonds is 7. The van der Waals surface area contributed by atoms with Crippen molar-refractivity contribution in [2.24, 2.45) is 0 Å². The number of furan rings is 1. The van der Waals surface area contributed by atoms with Crippen molar-refractivity contribution in [1.29, 1.82) is 0 Å². The van der Waals surface area contributed by atoms with Crippen LogP contribution in [0.1, 0.15) is 21.9 Å². The molecule has 2 heterocycles. The minimum atomic E-state index is -0.459. The quantitative estimate of drug-likeness (QED) is 0.320. The highest BCUT2D eigenvalue weighted by molar-refractivity contribution is 6.42. The molecule has 0 aliphatic carbocycles. The zero-order valence-corrected chi connectivity index (χ0v) is 18.6. The molecular formula is C22H15Cl3FN3O3. The number of anilines is 1. The van der Waals surface area contributed by atoms with Crippen LogP contribution in [0.5, 0.6) is 5.75 Å². The van der Waals surface area contributed by atoms with Crippen LogP contribution in [0.4, 0.5) is 10.1 Å². The van der Waals surface area contributed by atoms with Crippen LogP contribution in [0, 0.1) is 5.82 Å². The molecule has 0 saturated carbocycles. The molecule has 0 spiro atoms. The number of ether oxygens (including phenoxy) is 1. The first-order valence-electron chi connectivity index (χ1n) is 9.31. The molecule has 0 unspecified atom stereocenters. The molecule has 1 amide bonds. The van der Waals surface area contributed by atoms with E-state index >= 15 is 0 Å². The first-order chi connectivity index (χ1) is 15.4. The first kappa shape index (κ1) is 22.2. The van der Waals surface area contributed by atoms with Crippen LogP contribution < -0.4 is 10.1 Å². The molecule has 0 bridgehead atoms. The summed E-state index contributed by atoms with van der Waals surface area (Å²) < 4.78 is 25.8. The van der Waals surface area contributed by atoms with Gasteiger partial charge < -0.3 is 14.5 Å². The summed E-state index contributed by atoms with van der Waals surface area (Å²) in [5.41, 5.74) is 1.42. The lowest BCUT2D eigenvalue weighted by molar-refractivity contribution is 0.0992. The number of aromatic nitrogens is 2. The van der Waals surface area contributed by atoms with Crippen LogP contribution in [0.3, 0.4) is 0 Å². The number of amides is 1. The van der Waals surface area contributed by atoms with E-state index in [2.05, 4.69) is 10.4 Å². The van der Waals surface area contributed by atoms with Crippen LogP contribution in [0.15, 0.2) is 65.3 Å². The Morgan fingerprint density at radius 1 is 1.06 bits per heavy atom. The zero-order valence-electron chi connectivity index (χ0n) is 16.3. The van der Waals surface area contributed by atoms with Crippen molar-refractivity contribution in [1.82, 2.24) is 9.78 Å². The molecular weight excluding hydrogens is 480 g/mol. The topological polar surface area (TPSA) is 69.3 Å². The molecule has 10 heteroatoms. The Morgan fingerprint density at radius 3 is 2.69 bits per heavy atom. The van der Waals surface area contributed by atoms with Crippen LogP contribution in [-0.4, -0.2) is 15.7 Å². The van der Waals surface area contributed by atoms with Crippen molar-refractivity contribution in [3.8, 4) is 5.75 Å². The van der Waals surface area contributed by atoms with Gasteiger partial charge in [-0.3, -0.25) is 9.48 Å². The van der Waals surface area contributed by atoms with Crippen molar-refractivity contribution in [3.63, 3.8) is 0 Å². The van der Waals surface area contributed by atoms with E-state index in [1.165, 1.54) is 24.4 Å². The lowest BCUT2D eigenvalue weighted by Crippen LogP contribution is -2.10. The van der Waals surface area contributed by atoms with Gasteiger partial charge in [-0.05, 0) is 48.0 Å². The highest BCUT2D eigenvalue weighted by Gasteiger charge is 2.14. The van der Waals surface area contributed by atoms with Gasteiger partial charge in [-0.25, -0.2) is 4.39 Å². The van der Waals surface area contributed by atoms with Gasteiger partial charge in [-0.1, -0.05) is 40.9 Å². The third-order valence-electron chi connectivity index (χ3n) is 4.37. The number of hydrogen-bond donors (Lipinski definition) is 1. The SMILES string of the molecule is O=C(Nc1cnn(Cc2ccc(Cl)c(Cl)c2)c1)c1ccc(COc2ccc(F)cc2Cl)o1. The molecule has 4 rings (SSSR count). The summed E-state index contributed by atoms with van der Waals surface area (Å²) in [6.07, 6.45) is 3.21. The lowest BCUT2D eigenvalue weighted by atomic mass is 10.2. The van der Waals surface area contributed by atoms with E-state index < -0.39 is 11.7 Å². The second-order valence-electron chi connectivity index (χ2n) is 6.76. The minimum absolute atomic E-state index is 0.0280. The average Bonchev–Trinajstić information content (AvgIpc) is 3.40. The zero-order chi connectivity index (χ0) is 22.7. The number of carbonyl (C=O) groups is 1. The first-order valence-corrected chi connectivity index (χ1v) is 10.4. The smallest absolute Gasteiger partial charge is 0.291 e. The van der Waals surface area contributed by atoms with Gasteiger partial charge in [0.1, 0.15) is 23.9 Å². The Morgan fingerprint density at radius 2 is 1.91 bits per heavy atom. The molecule has 4 aromatic rings. The van der Waals surface area contributed by atoms with Gasteiger partial charge in [0.15, 0.2) is 5.76 Å². The molecule has 0 aliphatic rings. The lowest BCUT2D eigenvalue weighted by Gasteiger charge is -2.06. The fraction of sp³-hybridized carbons (Fsp3) is 0.0909. The maximum absolute atomic E-state index is 13.1. The summed E-state index contributed by atoms with van der Waals surface area (Å²) in [5.74, 6) is -0.0773. The molecule has 1 N–H and O–H groups in total. The summed E-state index contributed by atoms with van der Waals surface area (Å²) >= 11 is 17.9. The Hall–Kier alpha value is -3.00. The Bertz CT molecular complexity index is 1270. The van der Waals surface area contributed by atoms with Gasteiger partial charge in [0.2, 0.25) is 0 Å². The molecule has 0 saturated heterocycles. The Labute approximate surface area is 197 Å². The van der Waals surface area contributed by atoms with E-state index in [1.54, 1.807) is 29.1 Å². The van der Waals surface area contributed by atoms with Gasteiger partial charge in [-0.2, -0.15) is 5.10 Å². The molecule has 2 aromatic carbocycles. The van der Waals surface area contributed by atoms with Crippen molar-refractivity contribution in [3.05, 3.63) is 98.9 Å². The Balaban J connectivity index is 1.34. The number of benzene rings is 2. The predicted octanol–water partition coefficient (Wildman–Crippen LogP) is 6.46. The number of nitrogens with zero attached hydrogens (tertiary/aromatic N) is 2. The van der Waals surface area contributed by atoms with E-state index in [4.69, 9.17) is 44.0 Å². The largest absolute Gasteiger partial charge is 0.484 e. The normalized spacial score (nSPS) is 10.9. The predicted molar refractivity (Wildman–Crippen MR) is 120 cm³/mol. The van der Waals surface area contributed by atoms with E-state index in [0.29, 0.717) is 33.8 Å². The highest BCUT2D eigenvalue weighted by Crippen LogP contribution is 2.26. The van der Waals surface area contributed by atoms with Gasteiger partial charge >= 0.3 is 0 Å². The van der Waals surface area contributed by atoms with Crippen molar-refractivity contribution in [2.75, 3.05) is 5.32 Å². The van der Waals surface area contributed by atoms with Crippen molar-refractivity contribution in [2.45, 2.75) is 13.2 Å². The van der Waals surface area contributed by atoms with Crippen LogP contribution in [-0.2, 0) is 13.2 Å². The summed E-state index contributed by atoms with van der Waals surface area (Å²) in [6, 6.07) is 12.3. The summed E-state index contributed by atoms with van der Waals surface area (Å²) in [7, 11) is 0. The van der Waals surface area contributed by atoms with Gasteiger partial charge in [0, 0.05) is 6.20 Å². The fourth-order valence-corrected chi connectivity index (χ4v) is 3.39. The van der Waals surface area contributed by atoms with Crippen molar-refractivity contribution >= 4 is 46.4 Å². The van der Waals surface area contributed by atoms with E-state index in [0.717, 1.165) is 11.6 Å². The van der Waals surface area contributed by atoms with Gasteiger partial charge in [0.25, 0.3) is 5.91 Å². The molecule has 2 aromatic heterocycles. The molecule has 164 valence electrons. The number of carbonyl (C=O) groups excluding carboxylic acids is 1. The fourth-order valence-electron chi connectivity index (χ4n) is 2.85. The third kappa shape index (κ3) is 5.43. The second-order valence-corrected chi connectivity index (χ2v) is 7.98. The van der Waals surface area contributed by atoms with E-state index in [9.17, 15) is 9.18 Å². The van der Waals surface area contributed by atoms with Crippen LogP contribution in [0.25, 0.3) is 0 Å².